The molecule has 0 radical (unpaired) electrons. The fraction of sp³-hybridized carbons (Fsp3) is 0.636. The maximum Gasteiger partial charge on any atom is 0.244 e. The first kappa shape index (κ1) is 13.5. The van der Waals surface area contributed by atoms with Gasteiger partial charge in [0.1, 0.15) is 6.54 Å². The van der Waals surface area contributed by atoms with Gasteiger partial charge in [-0.25, -0.2) is 0 Å². The van der Waals surface area contributed by atoms with Crippen molar-refractivity contribution in [2.24, 2.45) is 0 Å². The Balaban J connectivity index is 2.61. The standard InChI is InChI=1S/C11H20N4O2/c1-4-14(8-11(2,3)17)10(16)7-15-6-9(12)5-13-15/h5-6,17H,4,7-8,12H2,1-3H3. The second-order valence-corrected chi connectivity index (χ2v) is 4.69. The van der Waals surface area contributed by atoms with Crippen molar-refractivity contribution in [2.75, 3.05) is 18.8 Å². The molecule has 1 aromatic heterocycles. The zero-order valence-electron chi connectivity index (χ0n) is 10.6. The number of nitrogens with two attached hydrogens (primary N) is 1. The SMILES string of the molecule is CCN(CC(C)(C)O)C(=O)Cn1cc(N)cn1. The van der Waals surface area contributed by atoms with E-state index in [1.165, 1.54) is 10.9 Å². The molecule has 0 unspecified atom stereocenters. The third-order valence-electron chi connectivity index (χ3n) is 2.26. The van der Waals surface area contributed by atoms with Gasteiger partial charge in [-0.1, -0.05) is 0 Å². The van der Waals surface area contributed by atoms with E-state index in [-0.39, 0.29) is 12.5 Å². The van der Waals surface area contributed by atoms with Crippen molar-refractivity contribution < 1.29 is 9.90 Å². The second-order valence-electron chi connectivity index (χ2n) is 4.69. The fourth-order valence-corrected chi connectivity index (χ4v) is 1.55. The average molecular weight is 240 g/mol. The Bertz CT molecular complexity index is 381. The van der Waals surface area contributed by atoms with Crippen LogP contribution in [0, 0.1) is 0 Å². The van der Waals surface area contributed by atoms with Gasteiger partial charge in [-0.05, 0) is 20.8 Å². The van der Waals surface area contributed by atoms with E-state index < -0.39 is 5.60 Å². The highest BCUT2D eigenvalue weighted by Crippen LogP contribution is 2.06. The monoisotopic (exact) mass is 240 g/mol. The van der Waals surface area contributed by atoms with Gasteiger partial charge in [0.2, 0.25) is 5.91 Å². The van der Waals surface area contributed by atoms with Crippen molar-refractivity contribution in [3.8, 4) is 0 Å². The van der Waals surface area contributed by atoms with Gasteiger partial charge in [-0.2, -0.15) is 5.10 Å². The third kappa shape index (κ3) is 4.44. The highest BCUT2D eigenvalue weighted by molar-refractivity contribution is 5.76. The Labute approximate surface area is 101 Å². The van der Waals surface area contributed by atoms with E-state index in [9.17, 15) is 9.90 Å². The van der Waals surface area contributed by atoms with Gasteiger partial charge in [-0.3, -0.25) is 9.48 Å². The first-order valence-electron chi connectivity index (χ1n) is 5.60. The molecule has 17 heavy (non-hydrogen) atoms. The molecule has 0 aliphatic heterocycles. The zero-order chi connectivity index (χ0) is 13.1. The predicted molar refractivity (Wildman–Crippen MR) is 65.2 cm³/mol. The summed E-state index contributed by atoms with van der Waals surface area (Å²) >= 11 is 0. The lowest BCUT2D eigenvalue weighted by Gasteiger charge is -2.28. The van der Waals surface area contributed by atoms with Gasteiger partial charge in [0, 0.05) is 19.3 Å². The summed E-state index contributed by atoms with van der Waals surface area (Å²) in [5.41, 5.74) is 5.15. The summed E-state index contributed by atoms with van der Waals surface area (Å²) in [6.45, 7) is 6.23. The first-order chi connectivity index (χ1) is 7.81. The number of hydrogen-bond acceptors (Lipinski definition) is 4. The Morgan fingerprint density at radius 2 is 2.29 bits per heavy atom. The Kier molecular flexibility index (Phi) is 4.11. The number of nitrogen functional groups attached to an aromatic ring is 1. The quantitative estimate of drug-likeness (QED) is 0.763. The van der Waals surface area contributed by atoms with Crippen LogP contribution in [-0.4, -0.2) is 44.4 Å². The maximum atomic E-state index is 11.9. The molecule has 1 aromatic rings. The minimum absolute atomic E-state index is 0.0854. The molecular formula is C11H20N4O2. The molecule has 0 fully saturated rings. The second kappa shape index (κ2) is 5.18. The minimum atomic E-state index is -0.894. The molecule has 1 amide bonds. The number of carbonyl (C=O) groups is 1. The van der Waals surface area contributed by atoms with Crippen LogP contribution >= 0.6 is 0 Å². The van der Waals surface area contributed by atoms with Crippen molar-refractivity contribution in [1.29, 1.82) is 0 Å². The van der Waals surface area contributed by atoms with Crippen LogP contribution in [0.5, 0.6) is 0 Å². The van der Waals surface area contributed by atoms with Crippen LogP contribution in [-0.2, 0) is 11.3 Å². The van der Waals surface area contributed by atoms with Gasteiger partial charge >= 0.3 is 0 Å². The fourth-order valence-electron chi connectivity index (χ4n) is 1.55. The van der Waals surface area contributed by atoms with Crippen LogP contribution in [0.2, 0.25) is 0 Å². The van der Waals surface area contributed by atoms with E-state index in [0.717, 1.165) is 0 Å². The molecule has 1 heterocycles. The number of anilines is 1. The number of aliphatic hydroxyl groups is 1. The minimum Gasteiger partial charge on any atom is -0.396 e. The Morgan fingerprint density at radius 1 is 1.65 bits per heavy atom. The number of carbonyl (C=O) groups excluding carboxylic acids is 1. The molecule has 0 aromatic carbocycles. The summed E-state index contributed by atoms with van der Waals surface area (Å²) in [5.74, 6) is -0.0854. The predicted octanol–water partition coefficient (Wildman–Crippen LogP) is 0.0847. The van der Waals surface area contributed by atoms with Gasteiger partial charge in [0.05, 0.1) is 17.5 Å². The molecule has 3 N–H and O–H groups in total. The number of hydrogen-bond donors (Lipinski definition) is 2. The smallest absolute Gasteiger partial charge is 0.244 e. The number of nitrogens with zero attached hydrogens (tertiary/aromatic N) is 3. The highest BCUT2D eigenvalue weighted by atomic mass is 16.3. The van der Waals surface area contributed by atoms with Gasteiger partial charge in [0.15, 0.2) is 0 Å². The molecule has 0 aliphatic carbocycles. The molecule has 0 saturated heterocycles. The molecule has 1 rings (SSSR count). The Hall–Kier alpha value is -1.56. The molecule has 0 bridgehead atoms. The molecule has 0 saturated carbocycles. The summed E-state index contributed by atoms with van der Waals surface area (Å²) in [6.07, 6.45) is 3.11. The molecule has 96 valence electrons. The van der Waals surface area contributed by atoms with E-state index in [0.29, 0.717) is 18.8 Å². The maximum absolute atomic E-state index is 11.9. The lowest BCUT2D eigenvalue weighted by atomic mass is 10.1. The topological polar surface area (TPSA) is 84.4 Å². The third-order valence-corrected chi connectivity index (χ3v) is 2.26. The molecule has 6 heteroatoms. The number of amides is 1. The molecule has 0 spiro atoms. The number of likely N-dealkylation sites (N-methyl/N-ethyl adjacent to an activating group) is 1. The zero-order valence-corrected chi connectivity index (χ0v) is 10.6. The summed E-state index contributed by atoms with van der Waals surface area (Å²) in [4.78, 5) is 13.5. The van der Waals surface area contributed by atoms with E-state index in [2.05, 4.69) is 5.10 Å². The Morgan fingerprint density at radius 3 is 2.71 bits per heavy atom. The average Bonchev–Trinajstić information content (AvgIpc) is 2.59. The normalized spacial score (nSPS) is 11.5. The van der Waals surface area contributed by atoms with Crippen LogP contribution in [0.3, 0.4) is 0 Å². The first-order valence-corrected chi connectivity index (χ1v) is 5.60. The summed E-state index contributed by atoms with van der Waals surface area (Å²) in [6, 6.07) is 0. The highest BCUT2D eigenvalue weighted by Gasteiger charge is 2.21. The van der Waals surface area contributed by atoms with Crippen LogP contribution < -0.4 is 5.73 Å². The molecule has 6 nitrogen and oxygen atoms in total. The molecular weight excluding hydrogens is 220 g/mol. The lowest BCUT2D eigenvalue weighted by Crippen LogP contribution is -2.43. The van der Waals surface area contributed by atoms with Crippen LogP contribution in [0.15, 0.2) is 12.4 Å². The molecule has 0 aliphatic rings. The van der Waals surface area contributed by atoms with Crippen molar-refractivity contribution in [3.63, 3.8) is 0 Å². The summed E-state index contributed by atoms with van der Waals surface area (Å²) in [7, 11) is 0. The van der Waals surface area contributed by atoms with Crippen LogP contribution in [0.1, 0.15) is 20.8 Å². The van der Waals surface area contributed by atoms with Crippen molar-refractivity contribution in [2.45, 2.75) is 32.9 Å². The van der Waals surface area contributed by atoms with Crippen molar-refractivity contribution in [1.82, 2.24) is 14.7 Å². The van der Waals surface area contributed by atoms with Crippen molar-refractivity contribution >= 4 is 11.6 Å². The van der Waals surface area contributed by atoms with Crippen molar-refractivity contribution in [3.05, 3.63) is 12.4 Å². The lowest BCUT2D eigenvalue weighted by molar-refractivity contribution is -0.134. The van der Waals surface area contributed by atoms with E-state index in [1.54, 1.807) is 24.9 Å². The van der Waals surface area contributed by atoms with E-state index in [1.807, 2.05) is 6.92 Å². The largest absolute Gasteiger partial charge is 0.396 e. The van der Waals surface area contributed by atoms with Gasteiger partial charge < -0.3 is 15.7 Å². The number of rotatable bonds is 5. The van der Waals surface area contributed by atoms with Crippen LogP contribution in [0.4, 0.5) is 5.69 Å². The number of aromatic nitrogens is 2. The van der Waals surface area contributed by atoms with Gasteiger partial charge in [-0.15, -0.1) is 0 Å². The van der Waals surface area contributed by atoms with E-state index >= 15 is 0 Å². The molecule has 0 atom stereocenters. The van der Waals surface area contributed by atoms with Crippen LogP contribution in [0.25, 0.3) is 0 Å². The van der Waals surface area contributed by atoms with E-state index in [4.69, 9.17) is 5.73 Å². The van der Waals surface area contributed by atoms with Gasteiger partial charge in [0.25, 0.3) is 0 Å². The summed E-state index contributed by atoms with van der Waals surface area (Å²) in [5, 5.41) is 13.7. The summed E-state index contributed by atoms with van der Waals surface area (Å²) < 4.78 is 1.49.